The normalized spacial score (nSPS) is 16.1. The molecule has 1 aliphatic carbocycles. The molecule has 0 saturated heterocycles. The first kappa shape index (κ1) is 13.1. The molecule has 0 N–H and O–H groups in total. The minimum Gasteiger partial charge on any atom is -0.295 e. The molecule has 1 fully saturated rings. The second-order valence-electron chi connectivity index (χ2n) is 5.17. The van der Waals surface area contributed by atoms with Crippen molar-refractivity contribution in [1.29, 1.82) is 0 Å². The van der Waals surface area contributed by atoms with Gasteiger partial charge in [0.05, 0.1) is 0 Å². The molecule has 1 aromatic rings. The van der Waals surface area contributed by atoms with Gasteiger partial charge < -0.3 is 0 Å². The number of benzene rings is 1. The van der Waals surface area contributed by atoms with Gasteiger partial charge in [-0.15, -0.1) is 0 Å². The summed E-state index contributed by atoms with van der Waals surface area (Å²) < 4.78 is 0. The molecule has 2 rings (SSSR count). The second kappa shape index (κ2) is 7.15. The maximum absolute atomic E-state index is 11.9. The first-order valence-electron chi connectivity index (χ1n) is 7.11. The van der Waals surface area contributed by atoms with Gasteiger partial charge in [-0.3, -0.25) is 4.79 Å². The highest BCUT2D eigenvalue weighted by atomic mass is 16.1. The third kappa shape index (κ3) is 4.48. The Morgan fingerprint density at radius 2 is 1.67 bits per heavy atom. The second-order valence-corrected chi connectivity index (χ2v) is 5.17. The van der Waals surface area contributed by atoms with E-state index in [1.165, 1.54) is 36.8 Å². The molecule has 0 aromatic heterocycles. The lowest BCUT2D eigenvalue weighted by Crippen LogP contribution is -1.98. The van der Waals surface area contributed by atoms with Crippen LogP contribution in [0.4, 0.5) is 0 Å². The van der Waals surface area contributed by atoms with Crippen molar-refractivity contribution in [2.45, 2.75) is 51.4 Å². The van der Waals surface area contributed by atoms with Crippen molar-refractivity contribution in [2.24, 2.45) is 0 Å². The molecule has 0 unspecified atom stereocenters. The lowest BCUT2D eigenvalue weighted by Gasteiger charge is -2.02. The Labute approximate surface area is 110 Å². The zero-order valence-corrected chi connectivity index (χ0v) is 11.0. The molecule has 1 aromatic carbocycles. The summed E-state index contributed by atoms with van der Waals surface area (Å²) in [7, 11) is 0. The summed E-state index contributed by atoms with van der Waals surface area (Å²) in [6, 6.07) is 10.3. The molecule has 18 heavy (non-hydrogen) atoms. The van der Waals surface area contributed by atoms with E-state index in [2.05, 4.69) is 12.1 Å². The van der Waals surface area contributed by atoms with E-state index in [0.29, 0.717) is 12.2 Å². The van der Waals surface area contributed by atoms with Crippen molar-refractivity contribution in [3.63, 3.8) is 0 Å². The van der Waals surface area contributed by atoms with Gasteiger partial charge in [0.1, 0.15) is 0 Å². The molecule has 0 amide bonds. The predicted molar refractivity (Wildman–Crippen MR) is 75.6 cm³/mol. The number of carbonyl (C=O) groups is 1. The topological polar surface area (TPSA) is 17.1 Å². The summed E-state index contributed by atoms with van der Waals surface area (Å²) in [5, 5.41) is 0. The molecule has 0 aliphatic heterocycles. The van der Waals surface area contributed by atoms with Gasteiger partial charge in [0.15, 0.2) is 5.78 Å². The summed E-state index contributed by atoms with van der Waals surface area (Å²) in [5.74, 6) is 0.302. The van der Waals surface area contributed by atoms with Gasteiger partial charge in [-0.05, 0) is 43.7 Å². The van der Waals surface area contributed by atoms with Gasteiger partial charge in [0.25, 0.3) is 0 Å². The average Bonchev–Trinajstić information content (AvgIpc) is 2.66. The van der Waals surface area contributed by atoms with E-state index in [1.807, 2.05) is 24.3 Å². The standard InChI is InChI=1S/C17H22O/c18-17(13-12-15-8-6-3-7-9-15)14-16-10-4-1-2-5-11-16/h3,6-9,14H,1-2,4-5,10-13H2. The Balaban J connectivity index is 1.82. The number of allylic oxidation sites excluding steroid dienone is 2. The Morgan fingerprint density at radius 3 is 2.33 bits per heavy atom. The van der Waals surface area contributed by atoms with E-state index in [0.717, 1.165) is 19.3 Å². The number of carbonyl (C=O) groups excluding carboxylic acids is 1. The molecule has 0 bridgehead atoms. The maximum atomic E-state index is 11.9. The first-order valence-corrected chi connectivity index (χ1v) is 7.11. The number of hydrogen-bond acceptors (Lipinski definition) is 1. The number of aryl methyl sites for hydroxylation is 1. The van der Waals surface area contributed by atoms with Crippen LogP contribution in [0.5, 0.6) is 0 Å². The zero-order chi connectivity index (χ0) is 12.6. The number of hydrogen-bond donors (Lipinski definition) is 0. The highest BCUT2D eigenvalue weighted by Crippen LogP contribution is 2.22. The average molecular weight is 242 g/mol. The van der Waals surface area contributed by atoms with Crippen LogP contribution in [0.2, 0.25) is 0 Å². The molecule has 1 saturated carbocycles. The minimum atomic E-state index is 0.302. The van der Waals surface area contributed by atoms with Crippen molar-refractivity contribution in [1.82, 2.24) is 0 Å². The summed E-state index contributed by atoms with van der Waals surface area (Å²) >= 11 is 0. The molecule has 0 heterocycles. The van der Waals surface area contributed by atoms with Gasteiger partial charge in [-0.2, -0.15) is 0 Å². The van der Waals surface area contributed by atoms with E-state index in [4.69, 9.17) is 0 Å². The quantitative estimate of drug-likeness (QED) is 0.562. The fourth-order valence-corrected chi connectivity index (χ4v) is 2.54. The summed E-state index contributed by atoms with van der Waals surface area (Å²) in [4.78, 5) is 11.9. The molecule has 1 heteroatoms. The molecule has 1 nitrogen and oxygen atoms in total. The van der Waals surface area contributed by atoms with Gasteiger partial charge in [0, 0.05) is 6.42 Å². The molecule has 0 atom stereocenters. The fourth-order valence-electron chi connectivity index (χ4n) is 2.54. The largest absolute Gasteiger partial charge is 0.295 e. The van der Waals surface area contributed by atoms with Gasteiger partial charge in [0.2, 0.25) is 0 Å². The fraction of sp³-hybridized carbons (Fsp3) is 0.471. The van der Waals surface area contributed by atoms with Crippen LogP contribution in [-0.2, 0) is 11.2 Å². The van der Waals surface area contributed by atoms with Crippen molar-refractivity contribution < 1.29 is 4.79 Å². The van der Waals surface area contributed by atoms with Crippen molar-refractivity contribution >= 4 is 5.78 Å². The molecule has 1 aliphatic rings. The highest BCUT2D eigenvalue weighted by molar-refractivity contribution is 5.90. The summed E-state index contributed by atoms with van der Waals surface area (Å²) in [6.45, 7) is 0. The van der Waals surface area contributed by atoms with Crippen LogP contribution in [0.25, 0.3) is 0 Å². The number of ketones is 1. The van der Waals surface area contributed by atoms with Gasteiger partial charge >= 0.3 is 0 Å². The third-order valence-electron chi connectivity index (χ3n) is 3.61. The molecule has 0 spiro atoms. The van der Waals surface area contributed by atoms with E-state index >= 15 is 0 Å². The van der Waals surface area contributed by atoms with Crippen LogP contribution in [0, 0.1) is 0 Å². The van der Waals surface area contributed by atoms with Crippen molar-refractivity contribution in [3.8, 4) is 0 Å². The smallest absolute Gasteiger partial charge is 0.155 e. The van der Waals surface area contributed by atoms with E-state index in [-0.39, 0.29) is 0 Å². The lowest BCUT2D eigenvalue weighted by molar-refractivity contribution is -0.114. The zero-order valence-electron chi connectivity index (χ0n) is 11.0. The highest BCUT2D eigenvalue weighted by Gasteiger charge is 2.06. The Bertz CT molecular complexity index is 393. The van der Waals surface area contributed by atoms with E-state index in [1.54, 1.807) is 0 Å². The van der Waals surface area contributed by atoms with Crippen LogP contribution < -0.4 is 0 Å². The first-order chi connectivity index (χ1) is 8.84. The molecular weight excluding hydrogens is 220 g/mol. The monoisotopic (exact) mass is 242 g/mol. The van der Waals surface area contributed by atoms with Crippen molar-refractivity contribution in [2.75, 3.05) is 0 Å². The van der Waals surface area contributed by atoms with Crippen LogP contribution >= 0.6 is 0 Å². The summed E-state index contributed by atoms with van der Waals surface area (Å²) in [5.41, 5.74) is 2.63. The Morgan fingerprint density at radius 1 is 1.00 bits per heavy atom. The van der Waals surface area contributed by atoms with Crippen LogP contribution in [0.15, 0.2) is 42.0 Å². The number of rotatable bonds is 4. The third-order valence-corrected chi connectivity index (χ3v) is 3.61. The molecule has 0 radical (unpaired) electrons. The lowest BCUT2D eigenvalue weighted by atomic mass is 10.0. The maximum Gasteiger partial charge on any atom is 0.155 e. The predicted octanol–water partition coefficient (Wildman–Crippen LogP) is 4.47. The van der Waals surface area contributed by atoms with Crippen LogP contribution in [0.1, 0.15) is 50.5 Å². The van der Waals surface area contributed by atoms with Gasteiger partial charge in [-0.1, -0.05) is 48.7 Å². The van der Waals surface area contributed by atoms with Crippen LogP contribution in [-0.4, -0.2) is 5.78 Å². The minimum absolute atomic E-state index is 0.302. The summed E-state index contributed by atoms with van der Waals surface area (Å²) in [6.07, 6.45) is 10.9. The molecule has 96 valence electrons. The van der Waals surface area contributed by atoms with Crippen LogP contribution in [0.3, 0.4) is 0 Å². The van der Waals surface area contributed by atoms with Crippen molar-refractivity contribution in [3.05, 3.63) is 47.5 Å². The SMILES string of the molecule is O=C(C=C1CCCCCC1)CCc1ccccc1. The van der Waals surface area contributed by atoms with E-state index in [9.17, 15) is 4.79 Å². The molecular formula is C17H22O. The van der Waals surface area contributed by atoms with E-state index < -0.39 is 0 Å². The van der Waals surface area contributed by atoms with Gasteiger partial charge in [-0.25, -0.2) is 0 Å². The Hall–Kier alpha value is -1.37. The Kier molecular flexibility index (Phi) is 5.19.